The fraction of sp³-hybridized carbons (Fsp3) is 0.552. The Kier molecular flexibility index (Phi) is 9.49. The van der Waals surface area contributed by atoms with Gasteiger partial charge in [0.2, 0.25) is 0 Å². The van der Waals surface area contributed by atoms with E-state index in [4.69, 9.17) is 9.47 Å². The first-order valence-corrected chi connectivity index (χ1v) is 13.2. The van der Waals surface area contributed by atoms with Crippen LogP contribution in [0.4, 0.5) is 18.9 Å². The summed E-state index contributed by atoms with van der Waals surface area (Å²) in [6.45, 7) is 4.75. The largest absolute Gasteiger partial charge is 0.466 e. The van der Waals surface area contributed by atoms with E-state index in [2.05, 4.69) is 22.3 Å². The van der Waals surface area contributed by atoms with Gasteiger partial charge in [0.05, 0.1) is 38.0 Å². The molecule has 0 saturated carbocycles. The van der Waals surface area contributed by atoms with E-state index < -0.39 is 6.43 Å². The Morgan fingerprint density at radius 3 is 2.49 bits per heavy atom. The highest BCUT2D eigenvalue weighted by Gasteiger charge is 2.43. The van der Waals surface area contributed by atoms with Crippen molar-refractivity contribution in [2.24, 2.45) is 11.8 Å². The summed E-state index contributed by atoms with van der Waals surface area (Å²) in [5, 5.41) is 3.62. The van der Waals surface area contributed by atoms with E-state index in [1.54, 1.807) is 12.1 Å². The van der Waals surface area contributed by atoms with Gasteiger partial charge in [0.25, 0.3) is 6.43 Å². The van der Waals surface area contributed by atoms with Gasteiger partial charge in [-0.05, 0) is 63.4 Å². The van der Waals surface area contributed by atoms with Gasteiger partial charge in [0.1, 0.15) is 0 Å². The number of anilines is 1. The summed E-state index contributed by atoms with van der Waals surface area (Å²) in [6.07, 6.45) is 0.786. The molecule has 5 nitrogen and oxygen atoms in total. The number of carbonyl (C=O) groups excluding carboxylic acids is 1. The molecule has 3 aliphatic heterocycles. The van der Waals surface area contributed by atoms with E-state index in [9.17, 15) is 18.0 Å². The zero-order valence-electron chi connectivity index (χ0n) is 21.5. The minimum absolute atomic E-state index is 0.0152. The standard InChI is InChI=1S/C28H34F2N2O3.CH3F/c1-2-34-28(33)19-12-14-32(15-13-19)17-21-9-10-22-25(18-6-4-3-5-7-18)31-24-11-8-20(27(29)30)16-23(24)26(22)35-21;1-2/h3-8,11,16,19,21-22,25-27,31H,2,9-10,12-15,17H2,1H3;1H3/t21?,22?,25-,26?;/m0./s1. The van der Waals surface area contributed by atoms with Crippen LogP contribution >= 0.6 is 0 Å². The molecule has 2 aromatic rings. The van der Waals surface area contributed by atoms with Crippen molar-refractivity contribution in [3.8, 4) is 0 Å². The molecule has 3 heterocycles. The summed E-state index contributed by atoms with van der Waals surface area (Å²) < 4.78 is 48.4. The van der Waals surface area contributed by atoms with Gasteiger partial charge < -0.3 is 19.7 Å². The van der Waals surface area contributed by atoms with Crippen molar-refractivity contribution in [2.75, 3.05) is 38.7 Å². The number of fused-ring (bicyclic) bond motifs is 3. The average Bonchev–Trinajstić information content (AvgIpc) is 2.94. The lowest BCUT2D eigenvalue weighted by Crippen LogP contribution is -2.45. The normalized spacial score (nSPS) is 25.8. The quantitative estimate of drug-likeness (QED) is 0.443. The number of nitrogens with one attached hydrogen (secondary N) is 1. The van der Waals surface area contributed by atoms with Gasteiger partial charge in [0, 0.05) is 29.3 Å². The Morgan fingerprint density at radius 2 is 1.81 bits per heavy atom. The summed E-state index contributed by atoms with van der Waals surface area (Å²) in [4.78, 5) is 14.4. The van der Waals surface area contributed by atoms with Crippen LogP contribution in [0.15, 0.2) is 48.5 Å². The number of benzene rings is 2. The monoisotopic (exact) mass is 518 g/mol. The van der Waals surface area contributed by atoms with Crippen LogP contribution in [0.25, 0.3) is 0 Å². The zero-order chi connectivity index (χ0) is 26.4. The van der Waals surface area contributed by atoms with Gasteiger partial charge in [-0.15, -0.1) is 0 Å². The van der Waals surface area contributed by atoms with E-state index >= 15 is 0 Å². The number of carbonyl (C=O) groups is 1. The first kappa shape index (κ1) is 27.5. The average molecular weight is 519 g/mol. The van der Waals surface area contributed by atoms with Crippen LogP contribution < -0.4 is 5.32 Å². The van der Waals surface area contributed by atoms with Crippen LogP contribution in [-0.2, 0) is 14.3 Å². The molecule has 8 heteroatoms. The number of hydrogen-bond donors (Lipinski definition) is 1. The van der Waals surface area contributed by atoms with Gasteiger partial charge in [-0.1, -0.05) is 36.4 Å². The molecule has 0 aromatic heterocycles. The summed E-state index contributed by atoms with van der Waals surface area (Å²) in [5.41, 5.74) is 2.94. The second-order valence-electron chi connectivity index (χ2n) is 9.93. The second kappa shape index (κ2) is 12.8. The molecule has 3 aliphatic rings. The van der Waals surface area contributed by atoms with Crippen LogP contribution in [0, 0.1) is 11.8 Å². The van der Waals surface area contributed by atoms with Crippen LogP contribution in [0.5, 0.6) is 0 Å². The van der Waals surface area contributed by atoms with Crippen LogP contribution in [0.1, 0.15) is 67.9 Å². The summed E-state index contributed by atoms with van der Waals surface area (Å²) in [6, 6.07) is 15.3. The lowest BCUT2D eigenvalue weighted by atomic mass is 9.76. The lowest BCUT2D eigenvalue weighted by molar-refractivity contribution is -0.150. The number of hydrogen-bond acceptors (Lipinski definition) is 5. The van der Waals surface area contributed by atoms with Crippen molar-refractivity contribution in [3.05, 3.63) is 65.2 Å². The highest BCUT2D eigenvalue weighted by Crippen LogP contribution is 2.51. The molecule has 5 rings (SSSR count). The van der Waals surface area contributed by atoms with Gasteiger partial charge in [0.15, 0.2) is 0 Å². The van der Waals surface area contributed by atoms with E-state index in [0.717, 1.165) is 56.6 Å². The van der Waals surface area contributed by atoms with Gasteiger partial charge in [-0.25, -0.2) is 8.78 Å². The number of alkyl halides is 3. The van der Waals surface area contributed by atoms with Crippen molar-refractivity contribution in [2.45, 2.75) is 57.3 Å². The molecule has 202 valence electrons. The van der Waals surface area contributed by atoms with E-state index in [1.807, 2.05) is 25.1 Å². The van der Waals surface area contributed by atoms with E-state index in [-0.39, 0.29) is 41.6 Å². The number of esters is 1. The van der Waals surface area contributed by atoms with Crippen molar-refractivity contribution < 1.29 is 27.4 Å². The third-order valence-corrected chi connectivity index (χ3v) is 7.75. The smallest absolute Gasteiger partial charge is 0.309 e. The molecule has 2 aromatic carbocycles. The molecule has 0 amide bonds. The molecule has 37 heavy (non-hydrogen) atoms. The number of rotatable bonds is 6. The minimum Gasteiger partial charge on any atom is -0.466 e. The SMILES string of the molecule is CCOC(=O)C1CCN(CC2CCC3C(O2)c2cc(C(F)F)ccc2N[C@H]3c2ccccc2)CC1.CF. The first-order valence-electron chi connectivity index (χ1n) is 13.2. The highest BCUT2D eigenvalue weighted by atomic mass is 19.3. The predicted molar refractivity (Wildman–Crippen MR) is 137 cm³/mol. The Labute approximate surface area is 217 Å². The predicted octanol–water partition coefficient (Wildman–Crippen LogP) is 6.49. The molecule has 3 unspecified atom stereocenters. The maximum atomic E-state index is 13.5. The molecule has 0 bridgehead atoms. The summed E-state index contributed by atoms with van der Waals surface area (Å²) in [5.74, 6) is 0.0687. The summed E-state index contributed by atoms with van der Waals surface area (Å²) in [7, 11) is 0.500. The number of ether oxygens (including phenoxy) is 2. The molecule has 1 N–H and O–H groups in total. The lowest BCUT2D eigenvalue weighted by Gasteiger charge is -2.46. The Bertz CT molecular complexity index is 1010. The Hall–Kier alpha value is -2.58. The van der Waals surface area contributed by atoms with Crippen molar-refractivity contribution >= 4 is 11.7 Å². The van der Waals surface area contributed by atoms with Crippen molar-refractivity contribution in [1.82, 2.24) is 4.90 Å². The van der Waals surface area contributed by atoms with Crippen LogP contribution in [0.3, 0.4) is 0 Å². The first-order chi connectivity index (χ1) is 18.0. The third-order valence-electron chi connectivity index (χ3n) is 7.75. The molecule has 0 radical (unpaired) electrons. The third kappa shape index (κ3) is 6.29. The zero-order valence-corrected chi connectivity index (χ0v) is 21.5. The number of piperidine rings is 1. The molecular formula is C29H37F3N2O3. The molecule has 0 spiro atoms. The van der Waals surface area contributed by atoms with Crippen molar-refractivity contribution in [1.29, 1.82) is 0 Å². The fourth-order valence-corrected chi connectivity index (χ4v) is 5.93. The molecule has 0 aliphatic carbocycles. The number of halogens is 3. The molecule has 4 atom stereocenters. The molecule has 2 saturated heterocycles. The van der Waals surface area contributed by atoms with Crippen LogP contribution in [0.2, 0.25) is 0 Å². The second-order valence-corrected chi connectivity index (χ2v) is 9.93. The maximum absolute atomic E-state index is 13.5. The number of likely N-dealkylation sites (tertiary alicyclic amines) is 1. The topological polar surface area (TPSA) is 50.8 Å². The van der Waals surface area contributed by atoms with Gasteiger partial charge >= 0.3 is 5.97 Å². The fourth-order valence-electron chi connectivity index (χ4n) is 5.93. The summed E-state index contributed by atoms with van der Waals surface area (Å²) >= 11 is 0. The Balaban J connectivity index is 0.00000156. The van der Waals surface area contributed by atoms with Crippen LogP contribution in [-0.4, -0.2) is 50.4 Å². The molecule has 2 fully saturated rings. The van der Waals surface area contributed by atoms with E-state index in [0.29, 0.717) is 13.8 Å². The van der Waals surface area contributed by atoms with E-state index in [1.165, 1.54) is 11.6 Å². The van der Waals surface area contributed by atoms with Gasteiger partial charge in [-0.3, -0.25) is 9.18 Å². The Morgan fingerprint density at radius 1 is 1.08 bits per heavy atom. The number of nitrogens with zero attached hydrogens (tertiary/aromatic N) is 1. The maximum Gasteiger partial charge on any atom is 0.309 e. The van der Waals surface area contributed by atoms with Crippen molar-refractivity contribution in [3.63, 3.8) is 0 Å². The van der Waals surface area contributed by atoms with Gasteiger partial charge in [-0.2, -0.15) is 0 Å². The highest BCUT2D eigenvalue weighted by molar-refractivity contribution is 5.72. The molecular weight excluding hydrogens is 481 g/mol. The minimum atomic E-state index is -2.51.